The third kappa shape index (κ3) is 3.58. The summed E-state index contributed by atoms with van der Waals surface area (Å²) < 4.78 is 2.04. The highest BCUT2D eigenvalue weighted by molar-refractivity contribution is 5.04. The van der Waals surface area contributed by atoms with Crippen LogP contribution in [0.1, 0.15) is 52.5 Å². The Morgan fingerprint density at radius 1 is 1.39 bits per heavy atom. The van der Waals surface area contributed by atoms with Crippen molar-refractivity contribution in [3.63, 3.8) is 0 Å². The van der Waals surface area contributed by atoms with Crippen molar-refractivity contribution < 1.29 is 0 Å². The maximum atomic E-state index is 4.43. The molecule has 1 fully saturated rings. The van der Waals surface area contributed by atoms with Crippen molar-refractivity contribution in [1.29, 1.82) is 0 Å². The molecule has 2 unspecified atom stereocenters. The van der Waals surface area contributed by atoms with Gasteiger partial charge in [-0.2, -0.15) is 5.10 Å². The number of nitrogens with one attached hydrogen (secondary N) is 1. The van der Waals surface area contributed by atoms with Crippen LogP contribution in [0.2, 0.25) is 0 Å². The Kier molecular flexibility index (Phi) is 4.10. The lowest BCUT2D eigenvalue weighted by atomic mass is 10.1. The maximum absolute atomic E-state index is 4.43. The molecule has 1 aliphatic rings. The number of rotatable bonds is 4. The number of hydrogen-bond donors (Lipinski definition) is 1. The van der Waals surface area contributed by atoms with Gasteiger partial charge in [-0.3, -0.25) is 4.68 Å². The standard InChI is InChI=1S/C15H27N3/c1-12-5-6-13(7-12)8-16-9-14-10-17-18(11-14)15(2,3)4/h10-13,16H,5-9H2,1-4H3. The van der Waals surface area contributed by atoms with Crippen LogP contribution in [-0.2, 0) is 12.1 Å². The quantitative estimate of drug-likeness (QED) is 0.888. The molecule has 18 heavy (non-hydrogen) atoms. The molecular weight excluding hydrogens is 222 g/mol. The van der Waals surface area contributed by atoms with Crippen molar-refractivity contribution in [1.82, 2.24) is 15.1 Å². The molecule has 1 aromatic heterocycles. The van der Waals surface area contributed by atoms with Gasteiger partial charge in [0.15, 0.2) is 0 Å². The van der Waals surface area contributed by atoms with E-state index in [2.05, 4.69) is 44.3 Å². The van der Waals surface area contributed by atoms with Gasteiger partial charge in [0, 0.05) is 18.3 Å². The Balaban J connectivity index is 1.75. The molecule has 0 aromatic carbocycles. The van der Waals surface area contributed by atoms with Crippen molar-refractivity contribution in [2.24, 2.45) is 11.8 Å². The van der Waals surface area contributed by atoms with Gasteiger partial charge in [-0.25, -0.2) is 0 Å². The summed E-state index contributed by atoms with van der Waals surface area (Å²) in [6.07, 6.45) is 8.35. The molecule has 2 rings (SSSR count). The second kappa shape index (κ2) is 5.43. The third-order valence-electron chi connectivity index (χ3n) is 3.89. The first-order valence-corrected chi connectivity index (χ1v) is 7.20. The summed E-state index contributed by atoms with van der Waals surface area (Å²) in [4.78, 5) is 0. The highest BCUT2D eigenvalue weighted by Gasteiger charge is 2.20. The van der Waals surface area contributed by atoms with Crippen LogP contribution in [0.15, 0.2) is 12.4 Å². The van der Waals surface area contributed by atoms with E-state index >= 15 is 0 Å². The lowest BCUT2D eigenvalue weighted by Crippen LogP contribution is -2.22. The molecule has 2 atom stereocenters. The zero-order valence-corrected chi connectivity index (χ0v) is 12.2. The second-order valence-corrected chi connectivity index (χ2v) is 6.88. The van der Waals surface area contributed by atoms with E-state index in [4.69, 9.17) is 0 Å². The van der Waals surface area contributed by atoms with E-state index in [9.17, 15) is 0 Å². The van der Waals surface area contributed by atoms with Crippen molar-refractivity contribution in [2.75, 3.05) is 6.54 Å². The smallest absolute Gasteiger partial charge is 0.0543 e. The molecule has 1 saturated carbocycles. The molecule has 3 heteroatoms. The summed E-state index contributed by atoms with van der Waals surface area (Å²) in [6, 6.07) is 0. The zero-order valence-electron chi connectivity index (χ0n) is 12.2. The van der Waals surface area contributed by atoms with E-state index in [1.807, 2.05) is 10.9 Å². The molecule has 0 aliphatic heterocycles. The molecule has 1 N–H and O–H groups in total. The van der Waals surface area contributed by atoms with Crippen LogP contribution in [0.25, 0.3) is 0 Å². The molecule has 102 valence electrons. The molecule has 1 heterocycles. The van der Waals surface area contributed by atoms with E-state index in [1.54, 1.807) is 0 Å². The van der Waals surface area contributed by atoms with Crippen molar-refractivity contribution in [3.8, 4) is 0 Å². The minimum absolute atomic E-state index is 0.0825. The molecule has 0 radical (unpaired) electrons. The minimum Gasteiger partial charge on any atom is -0.312 e. The summed E-state index contributed by atoms with van der Waals surface area (Å²) >= 11 is 0. The predicted octanol–water partition coefficient (Wildman–Crippen LogP) is 3.16. The van der Waals surface area contributed by atoms with E-state index in [0.717, 1.165) is 24.9 Å². The van der Waals surface area contributed by atoms with E-state index in [0.29, 0.717) is 0 Å². The van der Waals surface area contributed by atoms with Crippen molar-refractivity contribution in [3.05, 3.63) is 18.0 Å². The highest BCUT2D eigenvalue weighted by atomic mass is 15.3. The summed E-state index contributed by atoms with van der Waals surface area (Å²) in [7, 11) is 0. The normalized spacial score (nSPS) is 24.7. The van der Waals surface area contributed by atoms with Crippen LogP contribution in [0, 0.1) is 11.8 Å². The minimum atomic E-state index is 0.0825. The average molecular weight is 249 g/mol. The summed E-state index contributed by atoms with van der Waals surface area (Å²) in [5, 5.41) is 8.00. The molecule has 0 amide bonds. The van der Waals surface area contributed by atoms with Crippen molar-refractivity contribution in [2.45, 2.75) is 59.0 Å². The van der Waals surface area contributed by atoms with Crippen LogP contribution in [0.4, 0.5) is 0 Å². The van der Waals surface area contributed by atoms with Crippen LogP contribution in [0.5, 0.6) is 0 Å². The Labute approximate surface area is 111 Å². The molecular formula is C15H27N3. The van der Waals surface area contributed by atoms with Crippen LogP contribution in [-0.4, -0.2) is 16.3 Å². The van der Waals surface area contributed by atoms with Crippen molar-refractivity contribution >= 4 is 0 Å². The van der Waals surface area contributed by atoms with Gasteiger partial charge in [0.25, 0.3) is 0 Å². The highest BCUT2D eigenvalue weighted by Crippen LogP contribution is 2.29. The second-order valence-electron chi connectivity index (χ2n) is 6.88. The topological polar surface area (TPSA) is 29.9 Å². The lowest BCUT2D eigenvalue weighted by Gasteiger charge is -2.18. The summed E-state index contributed by atoms with van der Waals surface area (Å²) in [5.74, 6) is 1.82. The van der Waals surface area contributed by atoms with Gasteiger partial charge in [0.2, 0.25) is 0 Å². The van der Waals surface area contributed by atoms with Gasteiger partial charge in [-0.1, -0.05) is 13.3 Å². The fraction of sp³-hybridized carbons (Fsp3) is 0.800. The maximum Gasteiger partial charge on any atom is 0.0543 e. The van der Waals surface area contributed by atoms with E-state index < -0.39 is 0 Å². The average Bonchev–Trinajstić information content (AvgIpc) is 2.87. The molecule has 1 aromatic rings. The van der Waals surface area contributed by atoms with Gasteiger partial charge in [-0.05, 0) is 52.0 Å². The Hall–Kier alpha value is -0.830. The first-order chi connectivity index (χ1) is 8.45. The molecule has 0 bridgehead atoms. The number of hydrogen-bond acceptors (Lipinski definition) is 2. The van der Waals surface area contributed by atoms with Gasteiger partial charge in [-0.15, -0.1) is 0 Å². The summed E-state index contributed by atoms with van der Waals surface area (Å²) in [6.45, 7) is 11.0. The number of aromatic nitrogens is 2. The third-order valence-corrected chi connectivity index (χ3v) is 3.89. The van der Waals surface area contributed by atoms with Crippen LogP contribution in [0.3, 0.4) is 0 Å². The molecule has 1 aliphatic carbocycles. The first-order valence-electron chi connectivity index (χ1n) is 7.20. The zero-order chi connectivity index (χ0) is 13.2. The SMILES string of the molecule is CC1CCC(CNCc2cnn(C(C)(C)C)c2)C1. The Morgan fingerprint density at radius 2 is 2.17 bits per heavy atom. The van der Waals surface area contributed by atoms with Crippen LogP contribution >= 0.6 is 0 Å². The van der Waals surface area contributed by atoms with Gasteiger partial charge < -0.3 is 5.32 Å². The Bertz CT molecular complexity index is 375. The van der Waals surface area contributed by atoms with Gasteiger partial charge >= 0.3 is 0 Å². The largest absolute Gasteiger partial charge is 0.312 e. The summed E-state index contributed by atoms with van der Waals surface area (Å²) in [5.41, 5.74) is 1.37. The number of nitrogens with zero attached hydrogens (tertiary/aromatic N) is 2. The lowest BCUT2D eigenvalue weighted by molar-refractivity contribution is 0.355. The van der Waals surface area contributed by atoms with E-state index in [-0.39, 0.29) is 5.54 Å². The van der Waals surface area contributed by atoms with Crippen LogP contribution < -0.4 is 5.32 Å². The fourth-order valence-corrected chi connectivity index (χ4v) is 2.75. The monoisotopic (exact) mass is 249 g/mol. The fourth-order valence-electron chi connectivity index (χ4n) is 2.75. The Morgan fingerprint density at radius 3 is 2.72 bits per heavy atom. The first kappa shape index (κ1) is 13.6. The van der Waals surface area contributed by atoms with E-state index in [1.165, 1.54) is 24.8 Å². The van der Waals surface area contributed by atoms with Gasteiger partial charge in [0.1, 0.15) is 0 Å². The molecule has 3 nitrogen and oxygen atoms in total. The molecule has 0 saturated heterocycles. The predicted molar refractivity (Wildman–Crippen MR) is 75.4 cm³/mol. The molecule has 0 spiro atoms. The van der Waals surface area contributed by atoms with Gasteiger partial charge in [0.05, 0.1) is 11.7 Å².